The molecular formula is C30H42FN5O3. The highest BCUT2D eigenvalue weighted by Crippen LogP contribution is 2.47. The van der Waals surface area contributed by atoms with E-state index in [1.54, 1.807) is 29.6 Å². The molecule has 1 atom stereocenters. The van der Waals surface area contributed by atoms with Gasteiger partial charge in [-0.25, -0.2) is 14.2 Å². The molecule has 39 heavy (non-hydrogen) atoms. The number of amides is 3. The van der Waals surface area contributed by atoms with Gasteiger partial charge in [0.05, 0.1) is 12.0 Å². The van der Waals surface area contributed by atoms with E-state index in [9.17, 15) is 18.8 Å². The lowest BCUT2D eigenvalue weighted by Crippen LogP contribution is -2.56. The summed E-state index contributed by atoms with van der Waals surface area (Å²) in [5, 5.41) is 5.66. The largest absolute Gasteiger partial charge is 0.351 e. The van der Waals surface area contributed by atoms with Gasteiger partial charge in [-0.05, 0) is 55.7 Å². The zero-order valence-electron chi connectivity index (χ0n) is 23.0. The van der Waals surface area contributed by atoms with E-state index in [-0.39, 0.29) is 23.6 Å². The van der Waals surface area contributed by atoms with Crippen LogP contribution in [0.4, 0.5) is 9.18 Å². The summed E-state index contributed by atoms with van der Waals surface area (Å²) >= 11 is 0. The molecule has 212 valence electrons. The third kappa shape index (κ3) is 7.46. The van der Waals surface area contributed by atoms with Gasteiger partial charge in [0, 0.05) is 50.5 Å². The molecule has 2 aromatic rings. The van der Waals surface area contributed by atoms with Crippen LogP contribution < -0.4 is 10.6 Å². The number of hydrogen-bond donors (Lipinski definition) is 3. The lowest BCUT2D eigenvalue weighted by molar-refractivity contribution is -0.144. The van der Waals surface area contributed by atoms with Gasteiger partial charge in [0.2, 0.25) is 5.91 Å². The highest BCUT2D eigenvalue weighted by Gasteiger charge is 2.47. The molecule has 2 aliphatic rings. The van der Waals surface area contributed by atoms with Crippen LogP contribution in [0.5, 0.6) is 0 Å². The number of piperidine rings is 1. The summed E-state index contributed by atoms with van der Waals surface area (Å²) in [5.41, 5.74) is 1.26. The van der Waals surface area contributed by atoms with Gasteiger partial charge in [-0.3, -0.25) is 9.59 Å². The fourth-order valence-corrected chi connectivity index (χ4v) is 6.39. The number of urea groups is 1. The third-order valence-corrected chi connectivity index (χ3v) is 8.56. The number of imidazole rings is 1. The van der Waals surface area contributed by atoms with E-state index in [0.717, 1.165) is 30.5 Å². The Hall–Kier alpha value is -3.23. The van der Waals surface area contributed by atoms with E-state index in [2.05, 4.69) is 27.5 Å². The van der Waals surface area contributed by atoms with Crippen LogP contribution in [0, 0.1) is 17.2 Å². The molecule has 1 aliphatic carbocycles. The van der Waals surface area contributed by atoms with E-state index in [4.69, 9.17) is 0 Å². The van der Waals surface area contributed by atoms with Crippen molar-refractivity contribution in [2.24, 2.45) is 11.3 Å². The number of halogens is 1. The molecule has 0 bridgehead atoms. The number of benzene rings is 1. The quantitative estimate of drug-likeness (QED) is 0.389. The summed E-state index contributed by atoms with van der Waals surface area (Å²) in [5.74, 6) is 0.247. The molecule has 4 rings (SSSR count). The van der Waals surface area contributed by atoms with Gasteiger partial charge in [-0.15, -0.1) is 0 Å². The fourth-order valence-electron chi connectivity index (χ4n) is 6.39. The van der Waals surface area contributed by atoms with Crippen LogP contribution in [-0.4, -0.2) is 58.3 Å². The van der Waals surface area contributed by atoms with Crippen molar-refractivity contribution in [3.63, 3.8) is 0 Å². The maximum absolute atomic E-state index is 13.8. The summed E-state index contributed by atoms with van der Waals surface area (Å²) < 4.78 is 13.5. The van der Waals surface area contributed by atoms with Crippen LogP contribution in [-0.2, 0) is 22.4 Å². The first-order valence-electron chi connectivity index (χ1n) is 14.5. The Balaban J connectivity index is 1.42. The first-order valence-corrected chi connectivity index (χ1v) is 14.5. The average Bonchev–Trinajstić information content (AvgIpc) is 3.48. The Bertz CT molecular complexity index is 1070. The van der Waals surface area contributed by atoms with Crippen molar-refractivity contribution in [2.75, 3.05) is 19.6 Å². The van der Waals surface area contributed by atoms with E-state index in [1.165, 1.54) is 31.4 Å². The number of H-pyrrole nitrogens is 1. The van der Waals surface area contributed by atoms with Crippen LogP contribution in [0.15, 0.2) is 36.8 Å². The molecule has 1 unspecified atom stereocenters. The Morgan fingerprint density at radius 1 is 1.13 bits per heavy atom. The van der Waals surface area contributed by atoms with E-state index in [1.807, 2.05) is 0 Å². The topological polar surface area (TPSA) is 107 Å². The van der Waals surface area contributed by atoms with Gasteiger partial charge < -0.3 is 20.5 Å². The summed E-state index contributed by atoms with van der Waals surface area (Å²) in [6.07, 6.45) is 12.8. The SMILES string of the molecule is CCCC(=O)C1(C2CCCCC2)CCN(C(=O)C(Cc2ccc(F)cc2)NC(=O)NCCc2c[nH]cn2)CC1. The third-order valence-electron chi connectivity index (χ3n) is 8.56. The van der Waals surface area contributed by atoms with Crippen molar-refractivity contribution < 1.29 is 18.8 Å². The fraction of sp³-hybridized carbons (Fsp3) is 0.600. The van der Waals surface area contributed by atoms with Crippen molar-refractivity contribution >= 4 is 17.7 Å². The summed E-state index contributed by atoms with van der Waals surface area (Å²) in [4.78, 5) is 48.8. The van der Waals surface area contributed by atoms with Crippen LogP contribution in [0.2, 0.25) is 0 Å². The molecule has 0 radical (unpaired) electrons. The first kappa shape index (κ1) is 28.8. The van der Waals surface area contributed by atoms with Crippen LogP contribution >= 0.6 is 0 Å². The molecule has 1 saturated heterocycles. The molecule has 1 aliphatic heterocycles. The second-order valence-electron chi connectivity index (χ2n) is 11.1. The minimum atomic E-state index is -0.797. The molecule has 9 heteroatoms. The predicted octanol–water partition coefficient (Wildman–Crippen LogP) is 4.56. The van der Waals surface area contributed by atoms with E-state index >= 15 is 0 Å². The Morgan fingerprint density at radius 3 is 2.49 bits per heavy atom. The number of nitrogens with one attached hydrogen (secondary N) is 3. The minimum Gasteiger partial charge on any atom is -0.351 e. The normalized spacial score (nSPS) is 18.4. The molecule has 2 heterocycles. The van der Waals surface area contributed by atoms with Gasteiger partial charge in [-0.1, -0.05) is 38.3 Å². The maximum atomic E-state index is 13.8. The predicted molar refractivity (Wildman–Crippen MR) is 147 cm³/mol. The molecule has 1 saturated carbocycles. The summed E-state index contributed by atoms with van der Waals surface area (Å²) in [6.45, 7) is 3.44. The van der Waals surface area contributed by atoms with Crippen molar-refractivity contribution in [3.8, 4) is 0 Å². The monoisotopic (exact) mass is 539 g/mol. The van der Waals surface area contributed by atoms with Crippen molar-refractivity contribution in [3.05, 3.63) is 53.9 Å². The standard InChI is InChI=1S/C30H42FN5O3/c1-2-6-27(37)30(23-7-4-3-5-8-23)14-17-36(18-15-30)28(38)26(19-22-9-11-24(31)12-10-22)35-29(39)33-16-13-25-20-32-21-34-25/h9-12,20-21,23,26H,2-8,13-19H2,1H3,(H,32,34)(H2,33,35,39). The average molecular weight is 540 g/mol. The highest BCUT2D eigenvalue weighted by atomic mass is 19.1. The van der Waals surface area contributed by atoms with Gasteiger partial charge in [0.25, 0.3) is 0 Å². The van der Waals surface area contributed by atoms with Gasteiger partial charge in [0.15, 0.2) is 0 Å². The number of rotatable bonds is 11. The van der Waals surface area contributed by atoms with Crippen LogP contribution in [0.1, 0.15) is 76.0 Å². The Morgan fingerprint density at radius 2 is 1.85 bits per heavy atom. The molecular weight excluding hydrogens is 497 g/mol. The van der Waals surface area contributed by atoms with Gasteiger partial charge >= 0.3 is 6.03 Å². The van der Waals surface area contributed by atoms with Gasteiger partial charge in [0.1, 0.15) is 17.6 Å². The van der Waals surface area contributed by atoms with E-state index < -0.39 is 12.1 Å². The summed E-state index contributed by atoms with van der Waals surface area (Å²) in [6, 6.07) is 4.77. The number of aromatic amines is 1. The lowest BCUT2D eigenvalue weighted by Gasteiger charge is -2.47. The van der Waals surface area contributed by atoms with Crippen molar-refractivity contribution in [2.45, 2.75) is 83.6 Å². The first-order chi connectivity index (χ1) is 18.9. The maximum Gasteiger partial charge on any atom is 0.315 e. The highest BCUT2D eigenvalue weighted by molar-refractivity contribution is 5.88. The Labute approximate surface area is 230 Å². The second kappa shape index (κ2) is 13.7. The summed E-state index contributed by atoms with van der Waals surface area (Å²) in [7, 11) is 0. The van der Waals surface area contributed by atoms with Gasteiger partial charge in [-0.2, -0.15) is 0 Å². The second-order valence-corrected chi connectivity index (χ2v) is 11.1. The number of likely N-dealkylation sites (tertiary alicyclic amines) is 1. The van der Waals surface area contributed by atoms with E-state index in [0.29, 0.717) is 57.0 Å². The molecule has 0 spiro atoms. The number of hydrogen-bond acceptors (Lipinski definition) is 4. The van der Waals surface area contributed by atoms with Crippen molar-refractivity contribution in [1.82, 2.24) is 25.5 Å². The van der Waals surface area contributed by atoms with Crippen LogP contribution in [0.3, 0.4) is 0 Å². The zero-order valence-corrected chi connectivity index (χ0v) is 23.0. The smallest absolute Gasteiger partial charge is 0.315 e. The molecule has 1 aromatic heterocycles. The molecule has 3 amide bonds. The lowest BCUT2D eigenvalue weighted by atomic mass is 9.61. The minimum absolute atomic E-state index is 0.165. The molecule has 1 aromatic carbocycles. The molecule has 2 fully saturated rings. The number of Topliss-reactive ketones (excluding diaryl/α,β-unsaturated/α-hetero) is 1. The van der Waals surface area contributed by atoms with Crippen LogP contribution in [0.25, 0.3) is 0 Å². The zero-order chi connectivity index (χ0) is 27.7. The number of carbonyl (C=O) groups is 3. The van der Waals surface area contributed by atoms with Crippen molar-refractivity contribution in [1.29, 1.82) is 0 Å². The Kier molecular flexibility index (Phi) is 10.1. The number of aromatic nitrogens is 2. The molecule has 8 nitrogen and oxygen atoms in total. The number of ketones is 1. The number of nitrogens with zero attached hydrogens (tertiary/aromatic N) is 2. The molecule has 3 N–H and O–H groups in total. The number of carbonyl (C=O) groups excluding carboxylic acids is 3.